The molecule has 8 heteroatoms. The quantitative estimate of drug-likeness (QED) is 0.544. The Kier molecular flexibility index (Phi) is 6.23. The first-order valence-corrected chi connectivity index (χ1v) is 8.12. The number of carbonyl (C=O) groups is 1. The van der Waals surface area contributed by atoms with Gasteiger partial charge in [0.05, 0.1) is 17.8 Å². The van der Waals surface area contributed by atoms with E-state index in [1.807, 2.05) is 13.0 Å². The smallest absolute Gasteiger partial charge is 0.277 e. The van der Waals surface area contributed by atoms with Crippen molar-refractivity contribution in [3.63, 3.8) is 0 Å². The van der Waals surface area contributed by atoms with Crippen molar-refractivity contribution in [1.29, 1.82) is 0 Å². The zero-order chi connectivity index (χ0) is 16.8. The van der Waals surface area contributed by atoms with E-state index >= 15 is 0 Å². The zero-order valence-electron chi connectivity index (χ0n) is 12.4. The predicted molar refractivity (Wildman–Crippen MR) is 93.1 cm³/mol. The van der Waals surface area contributed by atoms with Gasteiger partial charge in [0.25, 0.3) is 5.91 Å². The van der Waals surface area contributed by atoms with Crippen molar-refractivity contribution in [3.8, 4) is 11.5 Å². The van der Waals surface area contributed by atoms with Crippen molar-refractivity contribution in [1.82, 2.24) is 5.43 Å². The van der Waals surface area contributed by atoms with Crippen LogP contribution < -0.4 is 14.9 Å². The molecule has 1 aromatic carbocycles. The molecule has 1 aromatic heterocycles. The minimum absolute atomic E-state index is 0.203. The molecule has 2 rings (SSSR count). The number of carbonyl (C=O) groups excluding carboxylic acids is 1. The van der Waals surface area contributed by atoms with E-state index in [-0.39, 0.29) is 6.61 Å². The molecule has 0 aliphatic heterocycles. The van der Waals surface area contributed by atoms with Crippen LogP contribution in [0, 0.1) is 6.92 Å². The molecule has 6 nitrogen and oxygen atoms in total. The minimum Gasteiger partial charge on any atom is -0.493 e. The Morgan fingerprint density at radius 1 is 1.39 bits per heavy atom. The van der Waals surface area contributed by atoms with Gasteiger partial charge in [-0.3, -0.25) is 4.79 Å². The molecule has 0 aliphatic rings. The number of nitrogens with zero attached hydrogens (tertiary/aromatic N) is 1. The number of ether oxygens (including phenoxy) is 2. The van der Waals surface area contributed by atoms with Gasteiger partial charge < -0.3 is 13.9 Å². The summed E-state index contributed by atoms with van der Waals surface area (Å²) in [6, 6.07) is 7.11. The first kappa shape index (κ1) is 17.6. The third-order valence-corrected chi connectivity index (χ3v) is 3.73. The highest BCUT2D eigenvalue weighted by atomic mass is 79.9. The van der Waals surface area contributed by atoms with Crippen molar-refractivity contribution < 1.29 is 18.7 Å². The fourth-order valence-corrected chi connectivity index (χ4v) is 2.99. The van der Waals surface area contributed by atoms with Crippen LogP contribution in [0.25, 0.3) is 0 Å². The number of amides is 1. The summed E-state index contributed by atoms with van der Waals surface area (Å²) in [5.74, 6) is 1.88. The van der Waals surface area contributed by atoms with Crippen LogP contribution in [-0.2, 0) is 4.79 Å². The lowest BCUT2D eigenvalue weighted by Crippen LogP contribution is -2.24. The second-order valence-corrected chi connectivity index (χ2v) is 6.22. The van der Waals surface area contributed by atoms with Crippen LogP contribution in [0.4, 0.5) is 0 Å². The van der Waals surface area contributed by atoms with Gasteiger partial charge in [-0.25, -0.2) is 5.43 Å². The van der Waals surface area contributed by atoms with Gasteiger partial charge in [0, 0.05) is 4.47 Å². The fraction of sp³-hybridized carbons (Fsp3) is 0.200. The second kappa shape index (κ2) is 8.16. The van der Waals surface area contributed by atoms with E-state index in [4.69, 9.17) is 13.9 Å². The Labute approximate surface area is 150 Å². The van der Waals surface area contributed by atoms with Crippen molar-refractivity contribution in [2.45, 2.75) is 6.92 Å². The van der Waals surface area contributed by atoms with E-state index in [0.29, 0.717) is 21.7 Å². The third-order valence-electron chi connectivity index (χ3n) is 2.68. The topological polar surface area (TPSA) is 73.1 Å². The molecule has 0 radical (unpaired) electrons. The van der Waals surface area contributed by atoms with Crippen LogP contribution in [0.15, 0.2) is 42.7 Å². The highest BCUT2D eigenvalue weighted by Gasteiger charge is 2.12. The summed E-state index contributed by atoms with van der Waals surface area (Å²) < 4.78 is 17.5. The number of methoxy groups -OCH3 is 1. The number of furan rings is 1. The number of nitrogens with one attached hydrogen (secondary N) is 1. The molecule has 1 N–H and O–H groups in total. The molecule has 0 unspecified atom stereocenters. The normalized spacial score (nSPS) is 10.8. The predicted octanol–water partition coefficient (Wildman–Crippen LogP) is 3.65. The Morgan fingerprint density at radius 3 is 2.83 bits per heavy atom. The lowest BCUT2D eigenvalue weighted by Gasteiger charge is -2.12. The lowest BCUT2D eigenvalue weighted by atomic mass is 10.3. The first-order valence-electron chi connectivity index (χ1n) is 6.53. The van der Waals surface area contributed by atoms with Crippen molar-refractivity contribution in [3.05, 3.63) is 44.7 Å². The lowest BCUT2D eigenvalue weighted by molar-refractivity contribution is -0.123. The SMILES string of the molecule is COc1cc(Br)cc(Br)c1OCC(=O)N/N=C/c1ccc(C)o1. The van der Waals surface area contributed by atoms with Crippen molar-refractivity contribution in [2.24, 2.45) is 5.10 Å². The number of hydrogen-bond acceptors (Lipinski definition) is 5. The number of hydrazone groups is 1. The molecular weight excluding hydrogens is 432 g/mol. The van der Waals surface area contributed by atoms with E-state index in [2.05, 4.69) is 42.4 Å². The number of rotatable bonds is 6. The molecule has 1 amide bonds. The molecule has 0 fully saturated rings. The molecule has 0 saturated carbocycles. The maximum Gasteiger partial charge on any atom is 0.277 e. The molecule has 122 valence electrons. The van der Waals surface area contributed by atoms with Gasteiger partial charge in [0.2, 0.25) is 0 Å². The van der Waals surface area contributed by atoms with Crippen LogP contribution in [0.3, 0.4) is 0 Å². The Hall–Kier alpha value is -1.80. The maximum absolute atomic E-state index is 11.7. The number of benzene rings is 1. The van der Waals surface area contributed by atoms with Crippen LogP contribution in [0.2, 0.25) is 0 Å². The summed E-state index contributed by atoms with van der Waals surface area (Å²) in [5, 5.41) is 3.80. The van der Waals surface area contributed by atoms with E-state index < -0.39 is 5.91 Å². The van der Waals surface area contributed by atoms with Gasteiger partial charge in [0.1, 0.15) is 11.5 Å². The Morgan fingerprint density at radius 2 is 2.17 bits per heavy atom. The van der Waals surface area contributed by atoms with Crippen LogP contribution in [0.1, 0.15) is 11.5 Å². The molecule has 0 atom stereocenters. The average molecular weight is 446 g/mol. The van der Waals surface area contributed by atoms with Gasteiger partial charge in [-0.2, -0.15) is 5.10 Å². The first-order chi connectivity index (χ1) is 11.0. The van der Waals surface area contributed by atoms with E-state index in [9.17, 15) is 4.79 Å². The molecular formula is C15H14Br2N2O4. The molecule has 2 aromatic rings. The Balaban J connectivity index is 1.91. The summed E-state index contributed by atoms with van der Waals surface area (Å²) in [7, 11) is 1.52. The van der Waals surface area contributed by atoms with Gasteiger partial charge in [-0.05, 0) is 47.1 Å². The molecule has 0 saturated heterocycles. The Bertz CT molecular complexity index is 728. The van der Waals surface area contributed by atoms with Gasteiger partial charge in [0.15, 0.2) is 18.1 Å². The molecule has 1 heterocycles. The highest BCUT2D eigenvalue weighted by Crippen LogP contribution is 2.38. The fourth-order valence-electron chi connectivity index (χ4n) is 1.69. The van der Waals surface area contributed by atoms with Gasteiger partial charge in [-0.1, -0.05) is 15.9 Å². The minimum atomic E-state index is -0.401. The molecule has 23 heavy (non-hydrogen) atoms. The number of aryl methyl sites for hydroxylation is 1. The summed E-state index contributed by atoms with van der Waals surface area (Å²) in [6.07, 6.45) is 1.42. The molecule has 0 aliphatic carbocycles. The number of hydrogen-bond donors (Lipinski definition) is 1. The van der Waals surface area contributed by atoms with Gasteiger partial charge in [-0.15, -0.1) is 0 Å². The van der Waals surface area contributed by atoms with Crippen LogP contribution >= 0.6 is 31.9 Å². The van der Waals surface area contributed by atoms with E-state index in [0.717, 1.165) is 10.2 Å². The standard InChI is InChI=1S/C15H14Br2N2O4/c1-9-3-4-11(23-9)7-18-19-14(20)8-22-15-12(17)5-10(16)6-13(15)21-2/h3-7H,8H2,1-2H3,(H,19,20)/b18-7+. The van der Waals surface area contributed by atoms with Crippen molar-refractivity contribution in [2.75, 3.05) is 13.7 Å². The van der Waals surface area contributed by atoms with Crippen LogP contribution in [0.5, 0.6) is 11.5 Å². The summed E-state index contributed by atoms with van der Waals surface area (Å²) in [5.41, 5.74) is 2.36. The highest BCUT2D eigenvalue weighted by molar-refractivity contribution is 9.11. The van der Waals surface area contributed by atoms with E-state index in [1.54, 1.807) is 18.2 Å². The third kappa shape index (κ3) is 5.11. The van der Waals surface area contributed by atoms with Gasteiger partial charge >= 0.3 is 0 Å². The number of halogens is 2. The van der Waals surface area contributed by atoms with E-state index in [1.165, 1.54) is 13.3 Å². The largest absolute Gasteiger partial charge is 0.493 e. The molecule has 0 spiro atoms. The summed E-state index contributed by atoms with van der Waals surface area (Å²) in [6.45, 7) is 1.62. The second-order valence-electron chi connectivity index (χ2n) is 4.45. The van der Waals surface area contributed by atoms with Crippen molar-refractivity contribution >= 4 is 44.0 Å². The average Bonchev–Trinajstić information content (AvgIpc) is 2.91. The zero-order valence-corrected chi connectivity index (χ0v) is 15.6. The summed E-state index contributed by atoms with van der Waals surface area (Å²) >= 11 is 6.72. The molecule has 0 bridgehead atoms. The van der Waals surface area contributed by atoms with Crippen LogP contribution in [-0.4, -0.2) is 25.8 Å². The maximum atomic E-state index is 11.7. The monoisotopic (exact) mass is 444 g/mol. The summed E-state index contributed by atoms with van der Waals surface area (Å²) in [4.78, 5) is 11.7.